The van der Waals surface area contributed by atoms with Crippen LogP contribution in [0.4, 0.5) is 0 Å². The van der Waals surface area contributed by atoms with Crippen LogP contribution < -0.4 is 0 Å². The fourth-order valence-electron chi connectivity index (χ4n) is 9.65. The maximum absolute atomic E-state index is 12.9. The number of hydrogen-bond donors (Lipinski definition) is 1. The number of aliphatic carboxylic acids is 1. The molecule has 0 bridgehead atoms. The summed E-state index contributed by atoms with van der Waals surface area (Å²) in [6, 6.07) is 0. The SMILES string of the molecule is CC1(C)O[C@H]1C(=O)C[C@@H](C(=O)O)[C@@H]1CC[C@]2(C)C3=CC[C@H]4C(C)(C)C(=O)CC[C@]4(C)[C@@H]3CC[C@@]12C. The van der Waals surface area contributed by atoms with Gasteiger partial charge in [-0.25, -0.2) is 0 Å². The van der Waals surface area contributed by atoms with Gasteiger partial charge in [0.05, 0.1) is 11.5 Å². The van der Waals surface area contributed by atoms with Crippen molar-refractivity contribution < 1.29 is 24.2 Å². The molecule has 0 aromatic rings. The van der Waals surface area contributed by atoms with Crippen molar-refractivity contribution in [3.05, 3.63) is 11.6 Å². The number of epoxide rings is 1. The van der Waals surface area contributed by atoms with E-state index in [-0.39, 0.29) is 39.8 Å². The summed E-state index contributed by atoms with van der Waals surface area (Å²) >= 11 is 0. The summed E-state index contributed by atoms with van der Waals surface area (Å²) in [4.78, 5) is 38.3. The maximum atomic E-state index is 12.9. The molecule has 4 fully saturated rings. The standard InChI is InChI=1S/C30H44O5/c1-26(2)22-9-8-20-19(28(22,5)13-12-23(26)32)11-15-29(6)18(10-14-30(20,29)7)17(25(33)34)16-21(31)24-27(3,4)35-24/h8,17-19,22,24H,9-16H2,1-7H3,(H,33,34)/t17-,18+,19-,22+,24+,28-,29+,30-/m1/s1. The van der Waals surface area contributed by atoms with Gasteiger partial charge in [-0.1, -0.05) is 46.3 Å². The first kappa shape index (κ1) is 25.2. The van der Waals surface area contributed by atoms with Crippen molar-refractivity contribution in [1.29, 1.82) is 0 Å². The monoisotopic (exact) mass is 484 g/mol. The van der Waals surface area contributed by atoms with Crippen LogP contribution in [0.5, 0.6) is 0 Å². The fourth-order valence-corrected chi connectivity index (χ4v) is 9.65. The second-order valence-corrected chi connectivity index (χ2v) is 14.3. The summed E-state index contributed by atoms with van der Waals surface area (Å²) in [7, 11) is 0. The Morgan fingerprint density at radius 3 is 2.31 bits per heavy atom. The van der Waals surface area contributed by atoms with Crippen molar-refractivity contribution >= 4 is 17.5 Å². The number of rotatable bonds is 5. The highest BCUT2D eigenvalue weighted by Crippen LogP contribution is 2.73. The highest BCUT2D eigenvalue weighted by Gasteiger charge is 2.66. The van der Waals surface area contributed by atoms with Gasteiger partial charge in [0.25, 0.3) is 0 Å². The van der Waals surface area contributed by atoms with Gasteiger partial charge in [-0.15, -0.1) is 0 Å². The predicted octanol–water partition coefficient (Wildman–Crippen LogP) is 6.00. The molecule has 0 aromatic heterocycles. The van der Waals surface area contributed by atoms with Crippen LogP contribution in [0.2, 0.25) is 0 Å². The second kappa shape index (κ2) is 7.52. The molecule has 1 saturated heterocycles. The Labute approximate surface area is 210 Å². The Kier molecular flexibility index (Phi) is 5.41. The number of hydrogen-bond acceptors (Lipinski definition) is 4. The van der Waals surface area contributed by atoms with E-state index in [1.165, 1.54) is 5.57 Å². The molecule has 5 aliphatic rings. The van der Waals surface area contributed by atoms with Crippen LogP contribution in [-0.4, -0.2) is 34.3 Å². The largest absolute Gasteiger partial charge is 0.481 e. The van der Waals surface area contributed by atoms with Gasteiger partial charge in [0, 0.05) is 18.3 Å². The quantitative estimate of drug-likeness (QED) is 0.382. The van der Waals surface area contributed by atoms with Gasteiger partial charge in [0.1, 0.15) is 11.9 Å². The average Bonchev–Trinajstić information content (AvgIpc) is 3.31. The second-order valence-electron chi connectivity index (χ2n) is 14.3. The molecule has 8 atom stereocenters. The predicted molar refractivity (Wildman–Crippen MR) is 134 cm³/mol. The molecule has 1 N–H and O–H groups in total. The molecule has 1 aliphatic heterocycles. The highest BCUT2D eigenvalue weighted by molar-refractivity contribution is 5.90. The molecule has 4 aliphatic carbocycles. The molecule has 1 heterocycles. The average molecular weight is 485 g/mol. The molecule has 35 heavy (non-hydrogen) atoms. The van der Waals surface area contributed by atoms with Gasteiger partial charge in [-0.05, 0) is 86.4 Å². The Morgan fingerprint density at radius 1 is 1.06 bits per heavy atom. The van der Waals surface area contributed by atoms with Gasteiger partial charge >= 0.3 is 5.97 Å². The van der Waals surface area contributed by atoms with E-state index in [1.807, 2.05) is 13.8 Å². The van der Waals surface area contributed by atoms with Crippen molar-refractivity contribution in [2.24, 2.45) is 45.3 Å². The summed E-state index contributed by atoms with van der Waals surface area (Å²) < 4.78 is 5.54. The molecule has 5 heteroatoms. The molecule has 0 spiro atoms. The van der Waals surface area contributed by atoms with Crippen LogP contribution >= 0.6 is 0 Å². The minimum absolute atomic E-state index is 0.0208. The summed E-state index contributed by atoms with van der Waals surface area (Å²) in [6.07, 6.45) is 8.48. The lowest BCUT2D eigenvalue weighted by molar-refractivity contribution is -0.151. The van der Waals surface area contributed by atoms with E-state index >= 15 is 0 Å². The Balaban J connectivity index is 1.46. The fraction of sp³-hybridized carbons (Fsp3) is 0.833. The number of ketones is 2. The van der Waals surface area contributed by atoms with Gasteiger partial charge in [0.2, 0.25) is 0 Å². The first-order valence-electron chi connectivity index (χ1n) is 13.8. The van der Waals surface area contributed by atoms with E-state index < -0.39 is 23.6 Å². The van der Waals surface area contributed by atoms with Crippen LogP contribution in [0.3, 0.4) is 0 Å². The van der Waals surface area contributed by atoms with Crippen molar-refractivity contribution in [2.75, 3.05) is 0 Å². The minimum Gasteiger partial charge on any atom is -0.481 e. The van der Waals surface area contributed by atoms with Crippen molar-refractivity contribution in [2.45, 2.75) is 112 Å². The third kappa shape index (κ3) is 3.32. The number of carbonyl (C=O) groups is 3. The normalized spacial score (nSPS) is 46.0. The van der Waals surface area contributed by atoms with Crippen LogP contribution in [0, 0.1) is 45.3 Å². The van der Waals surface area contributed by atoms with Crippen molar-refractivity contribution in [3.63, 3.8) is 0 Å². The number of ether oxygens (including phenoxy) is 1. The van der Waals surface area contributed by atoms with Crippen LogP contribution in [0.1, 0.15) is 99.8 Å². The maximum Gasteiger partial charge on any atom is 0.307 e. The molecule has 5 rings (SSSR count). The summed E-state index contributed by atoms with van der Waals surface area (Å²) in [5.41, 5.74) is 0.678. The van der Waals surface area contributed by atoms with E-state index in [0.717, 1.165) is 38.5 Å². The van der Waals surface area contributed by atoms with E-state index in [9.17, 15) is 19.5 Å². The zero-order chi connectivity index (χ0) is 25.8. The molecular formula is C30H44O5. The lowest BCUT2D eigenvalue weighted by atomic mass is 9.41. The minimum atomic E-state index is -0.841. The van der Waals surface area contributed by atoms with Crippen LogP contribution in [0.15, 0.2) is 11.6 Å². The van der Waals surface area contributed by atoms with Gasteiger partial charge in [0.15, 0.2) is 5.78 Å². The molecule has 5 nitrogen and oxygen atoms in total. The van der Waals surface area contributed by atoms with E-state index in [4.69, 9.17) is 4.74 Å². The number of carboxylic acid groups (broad SMARTS) is 1. The van der Waals surface area contributed by atoms with Crippen LogP contribution in [0.25, 0.3) is 0 Å². The molecule has 0 aromatic carbocycles. The van der Waals surface area contributed by atoms with E-state index in [1.54, 1.807) is 0 Å². The molecule has 0 unspecified atom stereocenters. The van der Waals surface area contributed by atoms with Crippen molar-refractivity contribution in [1.82, 2.24) is 0 Å². The molecule has 0 amide bonds. The van der Waals surface area contributed by atoms with E-state index in [2.05, 4.69) is 40.7 Å². The number of carbonyl (C=O) groups excluding carboxylic acids is 2. The summed E-state index contributed by atoms with van der Waals surface area (Å²) in [5.74, 6) is -0.364. The number of Topliss-reactive ketones (excluding diaryl/α,β-unsaturated/α-hetero) is 2. The van der Waals surface area contributed by atoms with Gasteiger partial charge in [-0.3, -0.25) is 14.4 Å². The first-order chi connectivity index (χ1) is 16.1. The molecule has 3 saturated carbocycles. The molecule has 0 radical (unpaired) electrons. The molecule has 194 valence electrons. The van der Waals surface area contributed by atoms with Gasteiger partial charge < -0.3 is 9.84 Å². The highest BCUT2D eigenvalue weighted by atomic mass is 16.6. The van der Waals surface area contributed by atoms with Gasteiger partial charge in [-0.2, -0.15) is 0 Å². The Hall–Kier alpha value is -1.49. The Bertz CT molecular complexity index is 1010. The third-order valence-electron chi connectivity index (χ3n) is 12.2. The lowest BCUT2D eigenvalue weighted by Gasteiger charge is -2.63. The third-order valence-corrected chi connectivity index (χ3v) is 12.2. The number of allylic oxidation sites excluding steroid dienone is 2. The molecular weight excluding hydrogens is 440 g/mol. The van der Waals surface area contributed by atoms with E-state index in [0.29, 0.717) is 24.0 Å². The summed E-state index contributed by atoms with van der Waals surface area (Å²) in [6.45, 7) is 15.2. The first-order valence-corrected chi connectivity index (χ1v) is 13.8. The Morgan fingerprint density at radius 2 is 1.71 bits per heavy atom. The number of carboxylic acids is 1. The van der Waals surface area contributed by atoms with Crippen LogP contribution in [-0.2, 0) is 19.1 Å². The summed E-state index contributed by atoms with van der Waals surface area (Å²) in [5, 5.41) is 10.3. The lowest BCUT2D eigenvalue weighted by Crippen LogP contribution is -2.57. The smallest absolute Gasteiger partial charge is 0.307 e. The zero-order valence-electron chi connectivity index (χ0n) is 22.7. The van der Waals surface area contributed by atoms with Crippen molar-refractivity contribution in [3.8, 4) is 0 Å². The zero-order valence-corrected chi connectivity index (χ0v) is 22.7. The number of fused-ring (bicyclic) bond motifs is 5. The topological polar surface area (TPSA) is 84.0 Å².